The zero-order valence-corrected chi connectivity index (χ0v) is 13.6. The van der Waals surface area contributed by atoms with E-state index < -0.39 is 10.0 Å². The first kappa shape index (κ1) is 16.1. The molecule has 2 atom stereocenters. The highest BCUT2D eigenvalue weighted by atomic mass is 32.2. The first-order valence-electron chi connectivity index (χ1n) is 6.87. The van der Waals surface area contributed by atoms with Crippen molar-refractivity contribution < 1.29 is 17.9 Å². The van der Waals surface area contributed by atoms with Crippen LogP contribution < -0.4 is 14.8 Å². The normalized spacial score (nSPS) is 23.8. The highest BCUT2D eigenvalue weighted by molar-refractivity contribution is 7.89. The number of nitrogens with one attached hydrogen (secondary N) is 1. The number of rotatable bonds is 4. The molecular formula is C14H22N2O4S. The van der Waals surface area contributed by atoms with Gasteiger partial charge in [0.05, 0.1) is 19.1 Å². The van der Waals surface area contributed by atoms with Crippen molar-refractivity contribution in [3.05, 3.63) is 18.2 Å². The van der Waals surface area contributed by atoms with Crippen LogP contribution in [-0.2, 0) is 10.0 Å². The van der Waals surface area contributed by atoms with Gasteiger partial charge in [-0.25, -0.2) is 8.42 Å². The van der Waals surface area contributed by atoms with Crippen LogP contribution in [0.2, 0.25) is 0 Å². The Labute approximate surface area is 126 Å². The van der Waals surface area contributed by atoms with E-state index in [0.29, 0.717) is 24.6 Å². The molecule has 1 aliphatic rings. The quantitative estimate of drug-likeness (QED) is 0.900. The smallest absolute Gasteiger partial charge is 0.243 e. The lowest BCUT2D eigenvalue weighted by Crippen LogP contribution is -2.56. The highest BCUT2D eigenvalue weighted by Crippen LogP contribution is 2.31. The molecule has 1 aromatic carbocycles. The SMILES string of the molecule is COc1ccc(S(=O)(=O)N2CC(C)NCC2C)cc1OC. The average Bonchev–Trinajstić information content (AvgIpc) is 2.48. The molecule has 0 bridgehead atoms. The number of ether oxygens (including phenoxy) is 2. The summed E-state index contributed by atoms with van der Waals surface area (Å²) < 4.78 is 37.5. The summed E-state index contributed by atoms with van der Waals surface area (Å²) in [6, 6.07) is 4.72. The second-order valence-electron chi connectivity index (χ2n) is 5.25. The van der Waals surface area contributed by atoms with Gasteiger partial charge < -0.3 is 14.8 Å². The van der Waals surface area contributed by atoms with E-state index in [1.165, 1.54) is 24.6 Å². The zero-order chi connectivity index (χ0) is 15.6. The van der Waals surface area contributed by atoms with Gasteiger partial charge in [0, 0.05) is 31.2 Å². The molecule has 2 unspecified atom stereocenters. The largest absolute Gasteiger partial charge is 0.493 e. The molecule has 1 N–H and O–H groups in total. The molecule has 0 amide bonds. The van der Waals surface area contributed by atoms with E-state index in [9.17, 15) is 8.42 Å². The van der Waals surface area contributed by atoms with Crippen LogP contribution in [0.4, 0.5) is 0 Å². The fraction of sp³-hybridized carbons (Fsp3) is 0.571. The standard InChI is InChI=1S/C14H22N2O4S/c1-10-9-16(11(2)8-15-10)21(17,18)12-5-6-13(19-3)14(7-12)20-4/h5-7,10-11,15H,8-9H2,1-4H3. The van der Waals surface area contributed by atoms with Crippen molar-refractivity contribution in [3.63, 3.8) is 0 Å². The Hall–Kier alpha value is -1.31. The molecule has 0 aliphatic carbocycles. The van der Waals surface area contributed by atoms with Crippen molar-refractivity contribution in [1.82, 2.24) is 9.62 Å². The van der Waals surface area contributed by atoms with Gasteiger partial charge in [-0.15, -0.1) is 0 Å². The summed E-state index contributed by atoms with van der Waals surface area (Å²) in [6.07, 6.45) is 0. The van der Waals surface area contributed by atoms with E-state index in [1.807, 2.05) is 13.8 Å². The van der Waals surface area contributed by atoms with Crippen molar-refractivity contribution in [2.24, 2.45) is 0 Å². The maximum Gasteiger partial charge on any atom is 0.243 e. The Morgan fingerprint density at radius 1 is 1.19 bits per heavy atom. The van der Waals surface area contributed by atoms with Crippen LogP contribution in [0.15, 0.2) is 23.1 Å². The third-order valence-electron chi connectivity index (χ3n) is 3.67. The minimum Gasteiger partial charge on any atom is -0.493 e. The van der Waals surface area contributed by atoms with Crippen LogP contribution in [0.25, 0.3) is 0 Å². The van der Waals surface area contributed by atoms with Gasteiger partial charge >= 0.3 is 0 Å². The molecular weight excluding hydrogens is 292 g/mol. The Kier molecular flexibility index (Phi) is 4.75. The number of hydrogen-bond acceptors (Lipinski definition) is 5. The first-order chi connectivity index (χ1) is 9.90. The number of hydrogen-bond donors (Lipinski definition) is 1. The van der Waals surface area contributed by atoms with E-state index in [0.717, 1.165) is 0 Å². The Morgan fingerprint density at radius 2 is 1.86 bits per heavy atom. The molecule has 1 aliphatic heterocycles. The minimum atomic E-state index is -3.54. The van der Waals surface area contributed by atoms with Crippen LogP contribution in [0.3, 0.4) is 0 Å². The molecule has 1 fully saturated rings. The fourth-order valence-corrected chi connectivity index (χ4v) is 4.17. The number of sulfonamides is 1. The van der Waals surface area contributed by atoms with Gasteiger partial charge in [0.1, 0.15) is 0 Å². The van der Waals surface area contributed by atoms with Crippen molar-refractivity contribution in [3.8, 4) is 11.5 Å². The summed E-state index contributed by atoms with van der Waals surface area (Å²) in [7, 11) is -0.534. The molecule has 0 radical (unpaired) electrons. The number of nitrogens with zero attached hydrogens (tertiary/aromatic N) is 1. The number of piperazine rings is 1. The summed E-state index contributed by atoms with van der Waals surface area (Å²) in [4.78, 5) is 0.223. The lowest BCUT2D eigenvalue weighted by atomic mass is 10.2. The molecule has 1 saturated heterocycles. The molecule has 1 heterocycles. The average molecular weight is 314 g/mol. The van der Waals surface area contributed by atoms with E-state index in [2.05, 4.69) is 5.32 Å². The summed E-state index contributed by atoms with van der Waals surface area (Å²) in [5.74, 6) is 0.924. The van der Waals surface area contributed by atoms with E-state index in [-0.39, 0.29) is 17.0 Å². The maximum atomic E-state index is 12.8. The predicted molar refractivity (Wildman–Crippen MR) is 80.4 cm³/mol. The van der Waals surface area contributed by atoms with Crippen LogP contribution in [-0.4, -0.2) is 52.1 Å². The van der Waals surface area contributed by atoms with Crippen LogP contribution in [0, 0.1) is 0 Å². The molecule has 1 aromatic rings. The van der Waals surface area contributed by atoms with Crippen molar-refractivity contribution >= 4 is 10.0 Å². The van der Waals surface area contributed by atoms with Crippen LogP contribution in [0.1, 0.15) is 13.8 Å². The molecule has 6 nitrogen and oxygen atoms in total. The third-order valence-corrected chi connectivity index (χ3v) is 5.64. The Morgan fingerprint density at radius 3 is 2.48 bits per heavy atom. The lowest BCUT2D eigenvalue weighted by Gasteiger charge is -2.36. The van der Waals surface area contributed by atoms with Crippen LogP contribution in [0.5, 0.6) is 11.5 Å². The van der Waals surface area contributed by atoms with Gasteiger partial charge in [-0.3, -0.25) is 0 Å². The van der Waals surface area contributed by atoms with Gasteiger partial charge in [-0.1, -0.05) is 0 Å². The second kappa shape index (κ2) is 6.21. The maximum absolute atomic E-state index is 12.8. The van der Waals surface area contributed by atoms with Gasteiger partial charge in [0.15, 0.2) is 11.5 Å². The van der Waals surface area contributed by atoms with Gasteiger partial charge in [-0.05, 0) is 26.0 Å². The van der Waals surface area contributed by atoms with Crippen molar-refractivity contribution in [2.45, 2.75) is 30.8 Å². The number of methoxy groups -OCH3 is 2. The van der Waals surface area contributed by atoms with E-state index >= 15 is 0 Å². The van der Waals surface area contributed by atoms with Gasteiger partial charge in [-0.2, -0.15) is 4.31 Å². The summed E-state index contributed by atoms with van der Waals surface area (Å²) in [5.41, 5.74) is 0. The zero-order valence-electron chi connectivity index (χ0n) is 12.8. The molecule has 118 valence electrons. The van der Waals surface area contributed by atoms with Gasteiger partial charge in [0.2, 0.25) is 10.0 Å². The molecule has 7 heteroatoms. The number of benzene rings is 1. The van der Waals surface area contributed by atoms with Crippen molar-refractivity contribution in [1.29, 1.82) is 0 Å². The summed E-state index contributed by atoms with van der Waals surface area (Å²) in [6.45, 7) is 4.98. The molecule has 0 saturated carbocycles. The topological polar surface area (TPSA) is 67.9 Å². The third kappa shape index (κ3) is 3.14. The Balaban J connectivity index is 2.39. The summed E-state index contributed by atoms with van der Waals surface area (Å²) in [5, 5.41) is 3.28. The van der Waals surface area contributed by atoms with Gasteiger partial charge in [0.25, 0.3) is 0 Å². The fourth-order valence-electron chi connectivity index (χ4n) is 2.44. The molecule has 0 aromatic heterocycles. The van der Waals surface area contributed by atoms with Crippen LogP contribution >= 0.6 is 0 Å². The van der Waals surface area contributed by atoms with E-state index in [1.54, 1.807) is 12.1 Å². The highest BCUT2D eigenvalue weighted by Gasteiger charge is 2.33. The lowest BCUT2D eigenvalue weighted by molar-refractivity contribution is 0.244. The monoisotopic (exact) mass is 314 g/mol. The minimum absolute atomic E-state index is 0.0840. The predicted octanol–water partition coefficient (Wildman–Crippen LogP) is 1.07. The van der Waals surface area contributed by atoms with Crippen molar-refractivity contribution in [2.75, 3.05) is 27.3 Å². The molecule has 21 heavy (non-hydrogen) atoms. The van der Waals surface area contributed by atoms with E-state index in [4.69, 9.17) is 9.47 Å². The Bertz CT molecular complexity index is 603. The second-order valence-corrected chi connectivity index (χ2v) is 7.14. The molecule has 2 rings (SSSR count). The first-order valence-corrected chi connectivity index (χ1v) is 8.31. The molecule has 0 spiro atoms. The summed E-state index contributed by atoms with van der Waals surface area (Å²) >= 11 is 0.